The monoisotopic (exact) mass is 304 g/mol. The minimum absolute atomic E-state index is 0.331. The number of aliphatic hydroxyl groups excluding tert-OH is 1. The summed E-state index contributed by atoms with van der Waals surface area (Å²) in [6.07, 6.45) is 11.4. The predicted molar refractivity (Wildman–Crippen MR) is 91.1 cm³/mol. The highest BCUT2D eigenvalue weighted by molar-refractivity contribution is 5.26. The number of methoxy groups -OCH3 is 1. The van der Waals surface area contributed by atoms with Gasteiger partial charge in [-0.2, -0.15) is 0 Å². The molecule has 1 rings (SSSR count). The van der Waals surface area contributed by atoms with Crippen molar-refractivity contribution in [2.45, 2.75) is 45.3 Å². The van der Waals surface area contributed by atoms with E-state index in [9.17, 15) is 5.11 Å². The summed E-state index contributed by atoms with van der Waals surface area (Å²) in [5.41, 5.74) is 1.11. The van der Waals surface area contributed by atoms with Gasteiger partial charge in [-0.05, 0) is 43.4 Å². The van der Waals surface area contributed by atoms with E-state index in [1.807, 2.05) is 30.3 Å². The summed E-state index contributed by atoms with van der Waals surface area (Å²) < 4.78 is 10.7. The average molecular weight is 304 g/mol. The number of hydrogen-bond donors (Lipinski definition) is 1. The molecule has 3 heteroatoms. The summed E-state index contributed by atoms with van der Waals surface area (Å²) in [5.74, 6) is 0.847. The van der Waals surface area contributed by atoms with Crippen LogP contribution in [0.25, 0.3) is 0 Å². The van der Waals surface area contributed by atoms with Gasteiger partial charge in [0.1, 0.15) is 5.75 Å². The highest BCUT2D eigenvalue weighted by atomic mass is 16.5. The fourth-order valence-electron chi connectivity index (χ4n) is 1.94. The van der Waals surface area contributed by atoms with Crippen molar-refractivity contribution in [3.8, 4) is 5.75 Å². The molecule has 0 saturated heterocycles. The standard InChI is InChI=1S/C19H28O3/c1-3-4-5-6-7-8-9-18(20)14-15-22-16-17-10-12-19(21-2)13-11-17/h4-5,7-8,10-13,18,20H,3,6,9,14-16H2,1-2H3/b5-4-,8-7-/t18-/m0/s1. The lowest BCUT2D eigenvalue weighted by molar-refractivity contribution is 0.0745. The molecule has 1 aromatic carbocycles. The third-order valence-corrected chi connectivity index (χ3v) is 3.27. The first-order chi connectivity index (χ1) is 10.8. The Hall–Kier alpha value is -1.58. The molecule has 122 valence electrons. The lowest BCUT2D eigenvalue weighted by atomic mass is 10.1. The summed E-state index contributed by atoms with van der Waals surface area (Å²) >= 11 is 0. The van der Waals surface area contributed by atoms with E-state index in [0.29, 0.717) is 26.1 Å². The van der Waals surface area contributed by atoms with Crippen LogP contribution in [0.1, 0.15) is 38.2 Å². The van der Waals surface area contributed by atoms with Gasteiger partial charge in [-0.15, -0.1) is 0 Å². The van der Waals surface area contributed by atoms with Gasteiger partial charge >= 0.3 is 0 Å². The number of ether oxygens (including phenoxy) is 2. The van der Waals surface area contributed by atoms with Crippen LogP contribution in [0.5, 0.6) is 5.75 Å². The van der Waals surface area contributed by atoms with Crippen molar-refractivity contribution < 1.29 is 14.6 Å². The zero-order valence-electron chi connectivity index (χ0n) is 13.7. The second-order valence-electron chi connectivity index (χ2n) is 5.17. The molecule has 0 amide bonds. The molecule has 1 N–H and O–H groups in total. The Labute approximate surface area is 134 Å². The Balaban J connectivity index is 2.09. The molecule has 1 atom stereocenters. The maximum absolute atomic E-state index is 9.85. The van der Waals surface area contributed by atoms with Crippen LogP contribution in [0.2, 0.25) is 0 Å². The molecule has 0 bridgehead atoms. The van der Waals surface area contributed by atoms with Gasteiger partial charge in [0.25, 0.3) is 0 Å². The van der Waals surface area contributed by atoms with Crippen LogP contribution in [-0.2, 0) is 11.3 Å². The molecule has 0 aliphatic heterocycles. The Morgan fingerprint density at radius 2 is 1.82 bits per heavy atom. The van der Waals surface area contributed by atoms with E-state index in [1.54, 1.807) is 7.11 Å². The van der Waals surface area contributed by atoms with Crippen molar-refractivity contribution in [2.24, 2.45) is 0 Å². The largest absolute Gasteiger partial charge is 0.497 e. The topological polar surface area (TPSA) is 38.7 Å². The number of hydrogen-bond acceptors (Lipinski definition) is 3. The molecule has 0 heterocycles. The van der Waals surface area contributed by atoms with Gasteiger partial charge in [0.2, 0.25) is 0 Å². The van der Waals surface area contributed by atoms with Crippen LogP contribution in [0.3, 0.4) is 0 Å². The van der Waals surface area contributed by atoms with Crippen LogP contribution in [0, 0.1) is 0 Å². The number of rotatable bonds is 11. The van der Waals surface area contributed by atoms with Crippen LogP contribution in [-0.4, -0.2) is 24.9 Å². The van der Waals surface area contributed by atoms with Crippen LogP contribution in [0.4, 0.5) is 0 Å². The molecule has 0 aromatic heterocycles. The highest BCUT2D eigenvalue weighted by Gasteiger charge is 2.02. The zero-order valence-corrected chi connectivity index (χ0v) is 13.7. The quantitative estimate of drug-likeness (QED) is 0.490. The second kappa shape index (κ2) is 12.0. The summed E-state index contributed by atoms with van der Waals surface area (Å²) in [4.78, 5) is 0. The first-order valence-electron chi connectivity index (χ1n) is 7.95. The molecule has 0 radical (unpaired) electrons. The minimum Gasteiger partial charge on any atom is -0.497 e. The van der Waals surface area contributed by atoms with E-state index in [1.165, 1.54) is 0 Å². The van der Waals surface area contributed by atoms with Crippen molar-refractivity contribution in [2.75, 3.05) is 13.7 Å². The Morgan fingerprint density at radius 3 is 2.50 bits per heavy atom. The summed E-state index contributed by atoms with van der Waals surface area (Å²) in [6, 6.07) is 7.82. The molecule has 22 heavy (non-hydrogen) atoms. The lowest BCUT2D eigenvalue weighted by Gasteiger charge is -2.09. The van der Waals surface area contributed by atoms with Crippen molar-refractivity contribution >= 4 is 0 Å². The summed E-state index contributed by atoms with van der Waals surface area (Å²) in [7, 11) is 1.65. The number of benzene rings is 1. The van der Waals surface area contributed by atoms with E-state index in [2.05, 4.69) is 25.2 Å². The van der Waals surface area contributed by atoms with Gasteiger partial charge < -0.3 is 14.6 Å². The molecule has 0 spiro atoms. The Morgan fingerprint density at radius 1 is 1.09 bits per heavy atom. The van der Waals surface area contributed by atoms with E-state index in [4.69, 9.17) is 9.47 Å². The van der Waals surface area contributed by atoms with Crippen molar-refractivity contribution in [1.82, 2.24) is 0 Å². The first-order valence-corrected chi connectivity index (χ1v) is 7.95. The molecule has 0 saturated carbocycles. The van der Waals surface area contributed by atoms with Gasteiger partial charge in [-0.1, -0.05) is 43.4 Å². The fraction of sp³-hybridized carbons (Fsp3) is 0.474. The maximum Gasteiger partial charge on any atom is 0.118 e. The fourth-order valence-corrected chi connectivity index (χ4v) is 1.94. The van der Waals surface area contributed by atoms with Crippen LogP contribution < -0.4 is 4.74 Å². The number of aliphatic hydroxyl groups is 1. The van der Waals surface area contributed by atoms with Crippen LogP contribution in [0.15, 0.2) is 48.6 Å². The molecule has 1 aromatic rings. The van der Waals surface area contributed by atoms with Gasteiger partial charge in [0, 0.05) is 6.61 Å². The average Bonchev–Trinajstić information content (AvgIpc) is 2.55. The van der Waals surface area contributed by atoms with E-state index < -0.39 is 0 Å². The maximum atomic E-state index is 9.85. The Bertz CT molecular complexity index is 434. The number of allylic oxidation sites excluding steroid dienone is 3. The summed E-state index contributed by atoms with van der Waals surface area (Å²) in [5, 5.41) is 9.85. The summed E-state index contributed by atoms with van der Waals surface area (Å²) in [6.45, 7) is 3.25. The normalized spacial score (nSPS) is 13.0. The predicted octanol–water partition coefficient (Wildman–Crippen LogP) is 4.27. The minimum atomic E-state index is -0.331. The second-order valence-corrected chi connectivity index (χ2v) is 5.17. The zero-order chi connectivity index (χ0) is 16.0. The molecular weight excluding hydrogens is 276 g/mol. The third kappa shape index (κ3) is 8.65. The third-order valence-electron chi connectivity index (χ3n) is 3.27. The molecule has 3 nitrogen and oxygen atoms in total. The van der Waals surface area contributed by atoms with Crippen molar-refractivity contribution in [3.63, 3.8) is 0 Å². The van der Waals surface area contributed by atoms with E-state index in [0.717, 1.165) is 24.2 Å². The first kappa shape index (κ1) is 18.5. The van der Waals surface area contributed by atoms with Crippen LogP contribution >= 0.6 is 0 Å². The lowest BCUT2D eigenvalue weighted by Crippen LogP contribution is -2.09. The molecule has 0 unspecified atom stereocenters. The molecule has 0 aliphatic carbocycles. The van der Waals surface area contributed by atoms with Gasteiger partial charge in [-0.25, -0.2) is 0 Å². The SMILES string of the molecule is CC/C=C\C/C=C\C[C@H](O)CCOCc1ccc(OC)cc1. The highest BCUT2D eigenvalue weighted by Crippen LogP contribution is 2.12. The van der Waals surface area contributed by atoms with E-state index in [-0.39, 0.29) is 6.10 Å². The van der Waals surface area contributed by atoms with Crippen molar-refractivity contribution in [1.29, 1.82) is 0 Å². The van der Waals surface area contributed by atoms with Gasteiger partial charge in [0.15, 0.2) is 0 Å². The van der Waals surface area contributed by atoms with E-state index >= 15 is 0 Å². The van der Waals surface area contributed by atoms with Gasteiger partial charge in [0.05, 0.1) is 19.8 Å². The molecule has 0 fully saturated rings. The molecular formula is C19H28O3. The smallest absolute Gasteiger partial charge is 0.118 e. The Kier molecular flexibility index (Phi) is 10.1. The van der Waals surface area contributed by atoms with Crippen molar-refractivity contribution in [3.05, 3.63) is 54.1 Å². The molecule has 0 aliphatic rings. The van der Waals surface area contributed by atoms with Gasteiger partial charge in [-0.3, -0.25) is 0 Å².